The summed E-state index contributed by atoms with van der Waals surface area (Å²) in [4.78, 5) is 5.02. The SMILES string of the molecule is CCCN(CCCN)CCN1CCOCC1. The van der Waals surface area contributed by atoms with Crippen LogP contribution in [0.3, 0.4) is 0 Å². The van der Waals surface area contributed by atoms with Crippen LogP contribution in [0.2, 0.25) is 0 Å². The Hall–Kier alpha value is -0.160. The molecule has 0 radical (unpaired) electrons. The fraction of sp³-hybridized carbons (Fsp3) is 1.00. The third kappa shape index (κ3) is 5.80. The van der Waals surface area contributed by atoms with E-state index < -0.39 is 0 Å². The van der Waals surface area contributed by atoms with Crippen LogP contribution in [0.15, 0.2) is 0 Å². The fourth-order valence-corrected chi connectivity index (χ4v) is 2.07. The lowest BCUT2D eigenvalue weighted by Gasteiger charge is -2.29. The molecular formula is C12H27N3O. The van der Waals surface area contributed by atoms with E-state index in [-0.39, 0.29) is 0 Å². The summed E-state index contributed by atoms with van der Waals surface area (Å²) in [5, 5.41) is 0. The lowest BCUT2D eigenvalue weighted by molar-refractivity contribution is 0.0333. The molecule has 1 aliphatic rings. The van der Waals surface area contributed by atoms with Gasteiger partial charge in [-0.1, -0.05) is 6.92 Å². The Morgan fingerprint density at radius 3 is 2.56 bits per heavy atom. The van der Waals surface area contributed by atoms with Gasteiger partial charge in [-0.2, -0.15) is 0 Å². The number of morpholine rings is 1. The number of nitrogens with two attached hydrogens (primary N) is 1. The number of rotatable bonds is 8. The summed E-state index contributed by atoms with van der Waals surface area (Å²) in [5.41, 5.74) is 5.56. The van der Waals surface area contributed by atoms with Crippen LogP contribution in [0.25, 0.3) is 0 Å². The molecule has 0 unspecified atom stereocenters. The number of hydrogen-bond acceptors (Lipinski definition) is 4. The van der Waals surface area contributed by atoms with Crippen molar-refractivity contribution in [2.75, 3.05) is 59.0 Å². The summed E-state index contributed by atoms with van der Waals surface area (Å²) in [5.74, 6) is 0. The molecule has 1 fully saturated rings. The molecule has 16 heavy (non-hydrogen) atoms. The second kappa shape index (κ2) is 8.93. The highest BCUT2D eigenvalue weighted by Gasteiger charge is 2.11. The van der Waals surface area contributed by atoms with Crippen molar-refractivity contribution < 1.29 is 4.74 Å². The van der Waals surface area contributed by atoms with Gasteiger partial charge in [0, 0.05) is 26.2 Å². The zero-order chi connectivity index (χ0) is 11.6. The van der Waals surface area contributed by atoms with E-state index in [0.29, 0.717) is 0 Å². The van der Waals surface area contributed by atoms with Crippen molar-refractivity contribution in [3.05, 3.63) is 0 Å². The van der Waals surface area contributed by atoms with Gasteiger partial charge in [0.25, 0.3) is 0 Å². The first kappa shape index (κ1) is 13.9. The Morgan fingerprint density at radius 1 is 1.19 bits per heavy atom. The van der Waals surface area contributed by atoms with Crippen LogP contribution in [-0.4, -0.2) is 68.8 Å². The summed E-state index contributed by atoms with van der Waals surface area (Å²) in [6, 6.07) is 0. The minimum Gasteiger partial charge on any atom is -0.379 e. The van der Waals surface area contributed by atoms with E-state index in [1.54, 1.807) is 0 Å². The van der Waals surface area contributed by atoms with Crippen molar-refractivity contribution in [3.8, 4) is 0 Å². The van der Waals surface area contributed by atoms with Crippen molar-refractivity contribution in [3.63, 3.8) is 0 Å². The molecule has 96 valence electrons. The van der Waals surface area contributed by atoms with Gasteiger partial charge in [0.2, 0.25) is 0 Å². The molecule has 0 aliphatic carbocycles. The third-order valence-electron chi connectivity index (χ3n) is 3.05. The lowest BCUT2D eigenvalue weighted by atomic mass is 10.3. The summed E-state index contributed by atoms with van der Waals surface area (Å²) >= 11 is 0. The third-order valence-corrected chi connectivity index (χ3v) is 3.05. The maximum atomic E-state index is 5.56. The Balaban J connectivity index is 2.14. The maximum absolute atomic E-state index is 5.56. The van der Waals surface area contributed by atoms with E-state index in [0.717, 1.165) is 45.8 Å². The Morgan fingerprint density at radius 2 is 1.94 bits per heavy atom. The van der Waals surface area contributed by atoms with E-state index in [4.69, 9.17) is 10.5 Å². The number of nitrogens with zero attached hydrogens (tertiary/aromatic N) is 2. The predicted molar refractivity (Wildman–Crippen MR) is 67.7 cm³/mol. The molecule has 1 saturated heterocycles. The second-order valence-corrected chi connectivity index (χ2v) is 4.44. The maximum Gasteiger partial charge on any atom is 0.0594 e. The van der Waals surface area contributed by atoms with Crippen molar-refractivity contribution in [1.29, 1.82) is 0 Å². The molecule has 1 rings (SSSR count). The van der Waals surface area contributed by atoms with E-state index in [1.165, 1.54) is 26.1 Å². The zero-order valence-corrected chi connectivity index (χ0v) is 10.7. The van der Waals surface area contributed by atoms with E-state index in [2.05, 4.69) is 16.7 Å². The van der Waals surface area contributed by atoms with Crippen LogP contribution < -0.4 is 5.73 Å². The van der Waals surface area contributed by atoms with E-state index in [9.17, 15) is 0 Å². The molecule has 0 aromatic carbocycles. The molecular weight excluding hydrogens is 202 g/mol. The molecule has 0 amide bonds. The highest BCUT2D eigenvalue weighted by molar-refractivity contribution is 4.66. The predicted octanol–water partition coefficient (Wildman–Crippen LogP) is 0.379. The largest absolute Gasteiger partial charge is 0.379 e. The van der Waals surface area contributed by atoms with Gasteiger partial charge in [-0.3, -0.25) is 4.90 Å². The average molecular weight is 229 g/mol. The van der Waals surface area contributed by atoms with Gasteiger partial charge in [0.15, 0.2) is 0 Å². The van der Waals surface area contributed by atoms with Gasteiger partial charge < -0.3 is 15.4 Å². The molecule has 0 spiro atoms. The topological polar surface area (TPSA) is 41.7 Å². The fourth-order valence-electron chi connectivity index (χ4n) is 2.07. The molecule has 0 atom stereocenters. The average Bonchev–Trinajstić information content (AvgIpc) is 2.34. The second-order valence-electron chi connectivity index (χ2n) is 4.44. The summed E-state index contributed by atoms with van der Waals surface area (Å²) in [6.07, 6.45) is 2.34. The Bertz CT molecular complexity index is 160. The molecule has 1 aliphatic heterocycles. The van der Waals surface area contributed by atoms with Gasteiger partial charge in [-0.15, -0.1) is 0 Å². The van der Waals surface area contributed by atoms with Crippen LogP contribution >= 0.6 is 0 Å². The molecule has 4 nitrogen and oxygen atoms in total. The van der Waals surface area contributed by atoms with Crippen molar-refractivity contribution >= 4 is 0 Å². The van der Waals surface area contributed by atoms with Crippen LogP contribution in [0, 0.1) is 0 Å². The van der Waals surface area contributed by atoms with Crippen LogP contribution in [0.5, 0.6) is 0 Å². The van der Waals surface area contributed by atoms with Gasteiger partial charge in [0.05, 0.1) is 13.2 Å². The monoisotopic (exact) mass is 229 g/mol. The summed E-state index contributed by atoms with van der Waals surface area (Å²) in [7, 11) is 0. The van der Waals surface area contributed by atoms with Gasteiger partial charge in [-0.05, 0) is 32.5 Å². The van der Waals surface area contributed by atoms with E-state index >= 15 is 0 Å². The first-order chi connectivity index (χ1) is 7.86. The molecule has 0 aromatic heterocycles. The van der Waals surface area contributed by atoms with Crippen LogP contribution in [-0.2, 0) is 4.74 Å². The molecule has 1 heterocycles. The van der Waals surface area contributed by atoms with Crippen molar-refractivity contribution in [2.45, 2.75) is 19.8 Å². The smallest absolute Gasteiger partial charge is 0.0594 e. The zero-order valence-electron chi connectivity index (χ0n) is 10.7. The quantitative estimate of drug-likeness (QED) is 0.653. The summed E-state index contributed by atoms with van der Waals surface area (Å²) < 4.78 is 5.35. The minimum absolute atomic E-state index is 0.803. The normalized spacial score (nSPS) is 18.2. The molecule has 0 bridgehead atoms. The van der Waals surface area contributed by atoms with Crippen LogP contribution in [0.1, 0.15) is 19.8 Å². The number of hydrogen-bond donors (Lipinski definition) is 1. The van der Waals surface area contributed by atoms with Crippen LogP contribution in [0.4, 0.5) is 0 Å². The van der Waals surface area contributed by atoms with Gasteiger partial charge >= 0.3 is 0 Å². The first-order valence-electron chi connectivity index (χ1n) is 6.59. The van der Waals surface area contributed by atoms with Gasteiger partial charge in [0.1, 0.15) is 0 Å². The standard InChI is InChI=1S/C12H27N3O/c1-2-5-14(6-3-4-13)7-8-15-9-11-16-12-10-15/h2-13H2,1H3. The van der Waals surface area contributed by atoms with Gasteiger partial charge in [-0.25, -0.2) is 0 Å². The minimum atomic E-state index is 0.803. The van der Waals surface area contributed by atoms with E-state index in [1.807, 2.05) is 0 Å². The van der Waals surface area contributed by atoms with Crippen molar-refractivity contribution in [2.24, 2.45) is 5.73 Å². The van der Waals surface area contributed by atoms with Crippen molar-refractivity contribution in [1.82, 2.24) is 9.80 Å². The Kier molecular flexibility index (Phi) is 7.76. The lowest BCUT2D eigenvalue weighted by Crippen LogP contribution is -2.42. The highest BCUT2D eigenvalue weighted by atomic mass is 16.5. The first-order valence-corrected chi connectivity index (χ1v) is 6.59. The number of ether oxygens (including phenoxy) is 1. The molecule has 0 aromatic rings. The molecule has 4 heteroatoms. The highest BCUT2D eigenvalue weighted by Crippen LogP contribution is 1.99. The summed E-state index contributed by atoms with van der Waals surface area (Å²) in [6.45, 7) is 11.7. The Labute approximate surface area is 99.7 Å². The molecule has 2 N–H and O–H groups in total. The molecule has 0 saturated carbocycles.